The standard InChI is InChI=1S/C11H14N4O2.C4H10/c1-7-9(8-5-12-13(2)6-8)14(3)11(17)15(4)10(7)16;1-3-4-2/h5-6H,1-4H3;3-4H2,1-2H3. The van der Waals surface area contributed by atoms with Gasteiger partial charge >= 0.3 is 5.69 Å². The van der Waals surface area contributed by atoms with Gasteiger partial charge in [0.15, 0.2) is 0 Å². The van der Waals surface area contributed by atoms with Gasteiger partial charge in [-0.2, -0.15) is 5.10 Å². The second-order valence-corrected chi connectivity index (χ2v) is 5.08. The predicted octanol–water partition coefficient (Wildman–Crippen LogP) is 1.60. The average Bonchev–Trinajstić information content (AvgIpc) is 2.89. The number of hydrogen-bond acceptors (Lipinski definition) is 3. The number of unbranched alkanes of at least 4 members (excludes halogenated alkanes) is 1. The molecule has 0 amide bonds. The van der Waals surface area contributed by atoms with Crippen molar-refractivity contribution < 1.29 is 0 Å². The molecular weight excluding hydrogens is 268 g/mol. The zero-order valence-corrected chi connectivity index (χ0v) is 13.7. The Morgan fingerprint density at radius 3 is 2.05 bits per heavy atom. The molecule has 0 aliphatic heterocycles. The van der Waals surface area contributed by atoms with Gasteiger partial charge in [-0.1, -0.05) is 26.7 Å². The van der Waals surface area contributed by atoms with E-state index in [1.807, 2.05) is 0 Å². The highest BCUT2D eigenvalue weighted by Gasteiger charge is 2.14. The minimum absolute atomic E-state index is 0.271. The van der Waals surface area contributed by atoms with E-state index in [0.29, 0.717) is 11.3 Å². The molecule has 6 heteroatoms. The van der Waals surface area contributed by atoms with Gasteiger partial charge in [0.2, 0.25) is 0 Å². The van der Waals surface area contributed by atoms with Crippen LogP contribution in [0.2, 0.25) is 0 Å². The van der Waals surface area contributed by atoms with Gasteiger partial charge < -0.3 is 0 Å². The molecule has 0 N–H and O–H groups in total. The Balaban J connectivity index is 0.000000491. The molecule has 0 saturated heterocycles. The van der Waals surface area contributed by atoms with Crippen molar-refractivity contribution in [3.8, 4) is 11.3 Å². The molecule has 0 radical (unpaired) electrons. The van der Waals surface area contributed by atoms with E-state index in [0.717, 1.165) is 10.1 Å². The number of nitrogens with zero attached hydrogens (tertiary/aromatic N) is 4. The molecule has 0 aliphatic carbocycles. The smallest absolute Gasteiger partial charge is 0.296 e. The summed E-state index contributed by atoms with van der Waals surface area (Å²) >= 11 is 0. The van der Waals surface area contributed by atoms with E-state index in [2.05, 4.69) is 18.9 Å². The molecule has 0 aliphatic rings. The van der Waals surface area contributed by atoms with Gasteiger partial charge in [-0.05, 0) is 6.92 Å². The van der Waals surface area contributed by atoms with Gasteiger partial charge in [-0.25, -0.2) is 4.79 Å². The Kier molecular flexibility index (Phi) is 5.69. The van der Waals surface area contributed by atoms with E-state index < -0.39 is 0 Å². The molecule has 0 saturated carbocycles. The third-order valence-corrected chi connectivity index (χ3v) is 3.37. The van der Waals surface area contributed by atoms with Crippen molar-refractivity contribution >= 4 is 0 Å². The van der Waals surface area contributed by atoms with Crippen molar-refractivity contribution in [3.05, 3.63) is 38.8 Å². The fraction of sp³-hybridized carbons (Fsp3) is 0.533. The van der Waals surface area contributed by atoms with Crippen LogP contribution in [0, 0.1) is 6.92 Å². The molecule has 0 fully saturated rings. The highest BCUT2D eigenvalue weighted by molar-refractivity contribution is 5.61. The fourth-order valence-electron chi connectivity index (χ4n) is 1.97. The lowest BCUT2D eigenvalue weighted by Crippen LogP contribution is -2.39. The third kappa shape index (κ3) is 3.51. The molecule has 6 nitrogen and oxygen atoms in total. The summed E-state index contributed by atoms with van der Waals surface area (Å²) in [5.41, 5.74) is 1.32. The van der Waals surface area contributed by atoms with Gasteiger partial charge in [0, 0.05) is 38.5 Å². The first-order chi connectivity index (χ1) is 9.84. The summed E-state index contributed by atoms with van der Waals surface area (Å²) in [6, 6.07) is 0. The van der Waals surface area contributed by atoms with E-state index in [1.54, 1.807) is 38.1 Å². The normalized spacial score (nSPS) is 10.2. The third-order valence-electron chi connectivity index (χ3n) is 3.37. The number of rotatable bonds is 2. The molecule has 21 heavy (non-hydrogen) atoms. The second-order valence-electron chi connectivity index (χ2n) is 5.08. The largest absolute Gasteiger partial charge is 0.330 e. The lowest BCUT2D eigenvalue weighted by molar-refractivity contribution is 0.683. The zero-order valence-electron chi connectivity index (χ0n) is 13.7. The highest BCUT2D eigenvalue weighted by Crippen LogP contribution is 2.17. The molecule has 0 unspecified atom stereocenters. The Bertz CT molecular complexity index is 683. The SMILES string of the molecule is CCCC.Cc1c(-c2cnn(C)c2)n(C)c(=O)n(C)c1=O. The first kappa shape index (κ1) is 16.9. The van der Waals surface area contributed by atoms with Crippen molar-refractivity contribution in [1.29, 1.82) is 0 Å². The summed E-state index contributed by atoms with van der Waals surface area (Å²) in [4.78, 5) is 23.7. The molecule has 2 heterocycles. The Morgan fingerprint density at radius 2 is 1.62 bits per heavy atom. The highest BCUT2D eigenvalue weighted by atomic mass is 16.2. The molecular formula is C15H24N4O2. The molecule has 2 aromatic rings. The van der Waals surface area contributed by atoms with Crippen LogP contribution in [0.5, 0.6) is 0 Å². The summed E-state index contributed by atoms with van der Waals surface area (Å²) in [5, 5.41) is 4.05. The van der Waals surface area contributed by atoms with Crippen molar-refractivity contribution in [2.75, 3.05) is 0 Å². The lowest BCUT2D eigenvalue weighted by Gasteiger charge is -2.11. The summed E-state index contributed by atoms with van der Waals surface area (Å²) in [6.45, 7) is 6.07. The number of aromatic nitrogens is 4. The Labute approximate surface area is 124 Å². The van der Waals surface area contributed by atoms with Crippen LogP contribution in [-0.4, -0.2) is 18.9 Å². The number of hydrogen-bond donors (Lipinski definition) is 0. The van der Waals surface area contributed by atoms with E-state index in [4.69, 9.17) is 0 Å². The van der Waals surface area contributed by atoms with Crippen molar-refractivity contribution in [2.24, 2.45) is 21.1 Å². The first-order valence-corrected chi connectivity index (χ1v) is 7.10. The van der Waals surface area contributed by atoms with Gasteiger partial charge in [0.1, 0.15) is 0 Å². The van der Waals surface area contributed by atoms with Gasteiger partial charge in [0.25, 0.3) is 5.56 Å². The Morgan fingerprint density at radius 1 is 1.05 bits per heavy atom. The molecule has 116 valence electrons. The van der Waals surface area contributed by atoms with Crippen LogP contribution in [-0.2, 0) is 21.1 Å². The maximum atomic E-state index is 11.9. The van der Waals surface area contributed by atoms with Gasteiger partial charge in [-0.3, -0.25) is 18.6 Å². The van der Waals surface area contributed by atoms with E-state index >= 15 is 0 Å². The molecule has 2 aromatic heterocycles. The topological polar surface area (TPSA) is 61.8 Å². The molecule has 0 atom stereocenters. The van der Waals surface area contributed by atoms with Crippen LogP contribution >= 0.6 is 0 Å². The maximum absolute atomic E-state index is 11.9. The Hall–Kier alpha value is -2.11. The van der Waals surface area contributed by atoms with E-state index in [9.17, 15) is 9.59 Å². The quantitative estimate of drug-likeness (QED) is 0.844. The first-order valence-electron chi connectivity index (χ1n) is 7.10. The summed E-state index contributed by atoms with van der Waals surface area (Å²) < 4.78 is 4.21. The molecule has 0 spiro atoms. The van der Waals surface area contributed by atoms with Crippen molar-refractivity contribution in [2.45, 2.75) is 33.6 Å². The monoisotopic (exact) mass is 292 g/mol. The van der Waals surface area contributed by atoms with Crippen LogP contribution in [0.15, 0.2) is 22.0 Å². The van der Waals surface area contributed by atoms with Crippen molar-refractivity contribution in [1.82, 2.24) is 18.9 Å². The van der Waals surface area contributed by atoms with Gasteiger partial charge in [-0.15, -0.1) is 0 Å². The maximum Gasteiger partial charge on any atom is 0.330 e. The average molecular weight is 292 g/mol. The summed E-state index contributed by atoms with van der Waals surface area (Å²) in [5.74, 6) is 0. The van der Waals surface area contributed by atoms with Crippen LogP contribution < -0.4 is 11.2 Å². The fourth-order valence-corrected chi connectivity index (χ4v) is 1.97. The molecule has 0 aromatic carbocycles. The lowest BCUT2D eigenvalue weighted by atomic mass is 10.1. The van der Waals surface area contributed by atoms with E-state index in [1.165, 1.54) is 24.5 Å². The zero-order chi connectivity index (χ0) is 16.2. The van der Waals surface area contributed by atoms with E-state index in [-0.39, 0.29) is 11.2 Å². The van der Waals surface area contributed by atoms with Crippen LogP contribution in [0.3, 0.4) is 0 Å². The summed E-state index contributed by atoms with van der Waals surface area (Å²) in [7, 11) is 4.92. The van der Waals surface area contributed by atoms with Gasteiger partial charge in [0.05, 0.1) is 11.9 Å². The minimum atomic E-state index is -0.334. The predicted molar refractivity (Wildman–Crippen MR) is 84.4 cm³/mol. The van der Waals surface area contributed by atoms with Crippen LogP contribution in [0.4, 0.5) is 0 Å². The number of aryl methyl sites for hydroxylation is 1. The summed E-state index contributed by atoms with van der Waals surface area (Å²) in [6.07, 6.45) is 6.06. The van der Waals surface area contributed by atoms with Crippen molar-refractivity contribution in [3.63, 3.8) is 0 Å². The van der Waals surface area contributed by atoms with Crippen LogP contribution in [0.25, 0.3) is 11.3 Å². The van der Waals surface area contributed by atoms with Crippen LogP contribution in [0.1, 0.15) is 32.3 Å². The molecule has 0 bridgehead atoms. The molecule has 2 rings (SSSR count). The second kappa shape index (κ2) is 7.06. The minimum Gasteiger partial charge on any atom is -0.296 e.